The van der Waals surface area contributed by atoms with Gasteiger partial charge in [0.2, 0.25) is 0 Å². The summed E-state index contributed by atoms with van der Waals surface area (Å²) in [5.41, 5.74) is 0.963. The normalized spacial score (nSPS) is 18.0. The number of benzene rings is 1. The minimum atomic E-state index is -0.820. The lowest BCUT2D eigenvalue weighted by atomic mass is 10.0. The first-order valence-corrected chi connectivity index (χ1v) is 8.59. The third kappa shape index (κ3) is 5.26. The molecule has 0 unspecified atom stereocenters. The molecule has 6 heteroatoms. The van der Waals surface area contributed by atoms with Crippen LogP contribution in [-0.2, 0) is 16.1 Å². The number of amides is 1. The Balaban J connectivity index is 1.83. The van der Waals surface area contributed by atoms with Crippen molar-refractivity contribution in [2.75, 3.05) is 18.1 Å². The van der Waals surface area contributed by atoms with E-state index in [0.717, 1.165) is 24.8 Å². The number of hydrogen-bond donors (Lipinski definition) is 1. The summed E-state index contributed by atoms with van der Waals surface area (Å²) in [6.07, 6.45) is 2.65. The molecule has 1 saturated heterocycles. The van der Waals surface area contributed by atoms with E-state index < -0.39 is 5.97 Å². The van der Waals surface area contributed by atoms with Crippen LogP contribution in [0.15, 0.2) is 30.3 Å². The van der Waals surface area contributed by atoms with Crippen LogP contribution in [0.5, 0.6) is 0 Å². The number of carboxylic acid groups (broad SMARTS) is 1. The van der Waals surface area contributed by atoms with Gasteiger partial charge in [-0.05, 0) is 24.8 Å². The molecule has 1 atom stereocenters. The summed E-state index contributed by atoms with van der Waals surface area (Å²) < 4.78 is 5.39. The molecular weight excluding hydrogens is 302 g/mol. The van der Waals surface area contributed by atoms with Crippen LogP contribution >= 0.6 is 11.8 Å². The minimum absolute atomic E-state index is 0.0707. The van der Waals surface area contributed by atoms with Crippen molar-refractivity contribution in [3.05, 3.63) is 35.9 Å². The molecule has 0 spiro atoms. The zero-order valence-corrected chi connectivity index (χ0v) is 13.3. The van der Waals surface area contributed by atoms with Gasteiger partial charge in [-0.3, -0.25) is 4.79 Å². The third-order valence-corrected chi connectivity index (χ3v) is 4.67. The third-order valence-electron chi connectivity index (χ3n) is 3.60. The van der Waals surface area contributed by atoms with Gasteiger partial charge in [-0.2, -0.15) is 0 Å². The molecule has 2 rings (SSSR count). The van der Waals surface area contributed by atoms with Crippen LogP contribution in [0.25, 0.3) is 0 Å². The van der Waals surface area contributed by atoms with E-state index in [9.17, 15) is 9.59 Å². The topological polar surface area (TPSA) is 66.8 Å². The van der Waals surface area contributed by atoms with Crippen molar-refractivity contribution in [1.82, 2.24) is 4.90 Å². The number of ether oxygens (including phenoxy) is 1. The van der Waals surface area contributed by atoms with E-state index in [1.807, 2.05) is 30.3 Å². The number of likely N-dealkylation sites (tertiary alicyclic amines) is 1. The van der Waals surface area contributed by atoms with E-state index >= 15 is 0 Å². The first-order valence-electron chi connectivity index (χ1n) is 7.43. The lowest BCUT2D eigenvalue weighted by molar-refractivity contribution is -0.133. The number of hydrogen-bond acceptors (Lipinski definition) is 4. The highest BCUT2D eigenvalue weighted by atomic mass is 32.2. The number of thioether (sulfide) groups is 1. The molecular formula is C16H21NO4S. The lowest BCUT2D eigenvalue weighted by Gasteiger charge is -2.34. The Morgan fingerprint density at radius 1 is 1.27 bits per heavy atom. The number of rotatable bonds is 6. The maximum Gasteiger partial charge on any atom is 0.410 e. The molecule has 5 nitrogen and oxygen atoms in total. The Labute approximate surface area is 134 Å². The second-order valence-corrected chi connectivity index (χ2v) is 6.32. The van der Waals surface area contributed by atoms with Crippen LogP contribution in [0.4, 0.5) is 4.79 Å². The number of carboxylic acids is 1. The number of nitrogens with zero attached hydrogens (tertiary/aromatic N) is 1. The van der Waals surface area contributed by atoms with E-state index in [4.69, 9.17) is 9.84 Å². The molecule has 1 aliphatic rings. The van der Waals surface area contributed by atoms with Crippen molar-refractivity contribution in [2.24, 2.45) is 0 Å². The van der Waals surface area contributed by atoms with Gasteiger partial charge in [-0.15, -0.1) is 11.8 Å². The zero-order chi connectivity index (χ0) is 15.8. The van der Waals surface area contributed by atoms with Crippen molar-refractivity contribution in [2.45, 2.75) is 31.9 Å². The fourth-order valence-corrected chi connectivity index (χ4v) is 3.41. The van der Waals surface area contributed by atoms with Crippen molar-refractivity contribution in [3.63, 3.8) is 0 Å². The van der Waals surface area contributed by atoms with Crippen molar-refractivity contribution in [1.29, 1.82) is 0 Å². The molecule has 1 N–H and O–H groups in total. The maximum atomic E-state index is 12.3. The van der Waals surface area contributed by atoms with E-state index in [2.05, 4.69) is 0 Å². The van der Waals surface area contributed by atoms with Crippen molar-refractivity contribution >= 4 is 23.8 Å². The molecule has 0 aliphatic carbocycles. The average molecular weight is 323 g/mol. The van der Waals surface area contributed by atoms with Gasteiger partial charge in [0.05, 0.1) is 5.75 Å². The van der Waals surface area contributed by atoms with E-state index in [1.165, 1.54) is 11.8 Å². The fourth-order valence-electron chi connectivity index (χ4n) is 2.50. The number of aliphatic carboxylic acids is 1. The Hall–Kier alpha value is -1.69. The molecule has 0 radical (unpaired) electrons. The molecule has 1 aromatic carbocycles. The fraction of sp³-hybridized carbons (Fsp3) is 0.500. The summed E-state index contributed by atoms with van der Waals surface area (Å²) in [7, 11) is 0. The van der Waals surface area contributed by atoms with Gasteiger partial charge in [-0.25, -0.2) is 4.79 Å². The van der Waals surface area contributed by atoms with E-state index in [1.54, 1.807) is 4.90 Å². The lowest BCUT2D eigenvalue weighted by Crippen LogP contribution is -2.45. The van der Waals surface area contributed by atoms with E-state index in [-0.39, 0.29) is 24.5 Å². The van der Waals surface area contributed by atoms with Gasteiger partial charge in [0, 0.05) is 18.3 Å². The summed E-state index contributed by atoms with van der Waals surface area (Å²) in [4.78, 5) is 24.6. The second kappa shape index (κ2) is 8.68. The maximum absolute atomic E-state index is 12.3. The molecule has 22 heavy (non-hydrogen) atoms. The number of carbonyl (C=O) groups excluding carboxylic acids is 1. The van der Waals surface area contributed by atoms with Crippen LogP contribution in [0.3, 0.4) is 0 Å². The Morgan fingerprint density at radius 3 is 2.77 bits per heavy atom. The number of carbonyl (C=O) groups is 2. The van der Waals surface area contributed by atoms with Crippen LogP contribution in [-0.4, -0.2) is 46.2 Å². The highest BCUT2D eigenvalue weighted by Gasteiger charge is 2.27. The second-order valence-electron chi connectivity index (χ2n) is 5.29. The molecule has 1 heterocycles. The molecule has 1 aromatic rings. The molecule has 1 amide bonds. The zero-order valence-electron chi connectivity index (χ0n) is 12.4. The first-order chi connectivity index (χ1) is 10.7. The van der Waals surface area contributed by atoms with E-state index in [0.29, 0.717) is 12.3 Å². The standard InChI is InChI=1S/C16H21NO4S/c18-15(19)12-22-11-14-8-4-5-9-17(14)16(20)21-10-13-6-2-1-3-7-13/h1-3,6-7,14H,4-5,8-12H2,(H,18,19)/t14-/m0/s1. The minimum Gasteiger partial charge on any atom is -0.481 e. The molecule has 1 aliphatic heterocycles. The largest absolute Gasteiger partial charge is 0.481 e. The van der Waals surface area contributed by atoms with Crippen LogP contribution in [0.2, 0.25) is 0 Å². The summed E-state index contributed by atoms with van der Waals surface area (Å²) >= 11 is 1.35. The van der Waals surface area contributed by atoms with Crippen LogP contribution in [0.1, 0.15) is 24.8 Å². The van der Waals surface area contributed by atoms with Crippen LogP contribution in [0, 0.1) is 0 Å². The van der Waals surface area contributed by atoms with Gasteiger partial charge in [-0.1, -0.05) is 30.3 Å². The molecule has 120 valence electrons. The SMILES string of the molecule is O=C(O)CSC[C@@H]1CCCCN1C(=O)OCc1ccccc1. The Bertz CT molecular complexity index is 494. The highest BCUT2D eigenvalue weighted by Crippen LogP contribution is 2.22. The van der Waals surface area contributed by atoms with Gasteiger partial charge < -0.3 is 14.7 Å². The van der Waals surface area contributed by atoms with Crippen LogP contribution < -0.4 is 0 Å². The monoisotopic (exact) mass is 323 g/mol. The quantitative estimate of drug-likeness (QED) is 0.871. The van der Waals surface area contributed by atoms with Gasteiger partial charge in [0.25, 0.3) is 0 Å². The van der Waals surface area contributed by atoms with Crippen molar-refractivity contribution in [3.8, 4) is 0 Å². The average Bonchev–Trinajstić information content (AvgIpc) is 2.54. The highest BCUT2D eigenvalue weighted by molar-refractivity contribution is 7.99. The molecule has 0 bridgehead atoms. The van der Waals surface area contributed by atoms with Gasteiger partial charge in [0.1, 0.15) is 6.61 Å². The summed E-state index contributed by atoms with van der Waals surface area (Å²) in [6, 6.07) is 9.66. The Kier molecular flexibility index (Phi) is 6.58. The molecule has 1 fully saturated rings. The summed E-state index contributed by atoms with van der Waals surface area (Å²) in [5.74, 6) is -0.102. The Morgan fingerprint density at radius 2 is 2.05 bits per heavy atom. The first kappa shape index (κ1) is 16.7. The van der Waals surface area contributed by atoms with Gasteiger partial charge >= 0.3 is 12.1 Å². The predicted molar refractivity (Wildman–Crippen MR) is 85.9 cm³/mol. The smallest absolute Gasteiger partial charge is 0.410 e. The summed E-state index contributed by atoms with van der Waals surface area (Å²) in [6.45, 7) is 0.955. The van der Waals surface area contributed by atoms with Gasteiger partial charge in [0.15, 0.2) is 0 Å². The number of piperidine rings is 1. The summed E-state index contributed by atoms with van der Waals surface area (Å²) in [5, 5.41) is 8.70. The predicted octanol–water partition coefficient (Wildman–Crippen LogP) is 3.00. The van der Waals surface area contributed by atoms with Crippen molar-refractivity contribution < 1.29 is 19.4 Å². The molecule has 0 saturated carbocycles. The molecule has 0 aromatic heterocycles.